The highest BCUT2D eigenvalue weighted by Crippen LogP contribution is 2.11. The Balaban J connectivity index is 2.96. The van der Waals surface area contributed by atoms with Gasteiger partial charge in [-0.2, -0.15) is 0 Å². The Kier molecular flexibility index (Phi) is 2.91. The van der Waals surface area contributed by atoms with Gasteiger partial charge in [-0.25, -0.2) is 8.78 Å². The molecule has 14 heavy (non-hydrogen) atoms. The fourth-order valence-corrected chi connectivity index (χ4v) is 0.942. The van der Waals surface area contributed by atoms with Gasteiger partial charge < -0.3 is 9.90 Å². The molecular formula is C9H5F2O3-. The van der Waals surface area contributed by atoms with Crippen LogP contribution in [0.1, 0.15) is 16.8 Å². The van der Waals surface area contributed by atoms with E-state index >= 15 is 0 Å². The second-order valence-electron chi connectivity index (χ2n) is 2.60. The van der Waals surface area contributed by atoms with Crippen LogP contribution in [0.4, 0.5) is 8.78 Å². The van der Waals surface area contributed by atoms with Gasteiger partial charge in [-0.1, -0.05) is 0 Å². The highest BCUT2D eigenvalue weighted by Gasteiger charge is 2.12. The Morgan fingerprint density at radius 3 is 2.43 bits per heavy atom. The first-order valence-corrected chi connectivity index (χ1v) is 3.69. The minimum absolute atomic E-state index is 0.449. The molecule has 0 radical (unpaired) electrons. The number of carboxylic acid groups (broad SMARTS) is 1. The van der Waals surface area contributed by atoms with Crippen molar-refractivity contribution in [1.29, 1.82) is 0 Å². The molecule has 0 unspecified atom stereocenters. The zero-order valence-electron chi connectivity index (χ0n) is 6.92. The van der Waals surface area contributed by atoms with Crippen LogP contribution in [0.15, 0.2) is 18.2 Å². The number of aliphatic carboxylic acids is 1. The summed E-state index contributed by atoms with van der Waals surface area (Å²) in [6.07, 6.45) is -0.914. The van der Waals surface area contributed by atoms with Gasteiger partial charge in [0.2, 0.25) is 0 Å². The zero-order valence-corrected chi connectivity index (χ0v) is 6.92. The molecular weight excluding hydrogens is 194 g/mol. The maximum Gasteiger partial charge on any atom is 0.171 e. The van der Waals surface area contributed by atoms with Crippen molar-refractivity contribution in [3.63, 3.8) is 0 Å². The average Bonchev–Trinajstić information content (AvgIpc) is 2.01. The largest absolute Gasteiger partial charge is 0.550 e. The van der Waals surface area contributed by atoms with Crippen LogP contribution in [0.5, 0.6) is 0 Å². The maximum absolute atomic E-state index is 12.9. The number of Topliss-reactive ketones (excluding diaryl/α,β-unsaturated/α-hetero) is 1. The van der Waals surface area contributed by atoms with Crippen molar-refractivity contribution in [2.24, 2.45) is 0 Å². The van der Waals surface area contributed by atoms with Gasteiger partial charge in [-0.05, 0) is 12.1 Å². The number of carbonyl (C=O) groups excluding carboxylic acids is 2. The van der Waals surface area contributed by atoms with Crippen molar-refractivity contribution in [2.75, 3.05) is 0 Å². The summed E-state index contributed by atoms with van der Waals surface area (Å²) in [5.41, 5.74) is -0.449. The molecule has 1 rings (SSSR count). The van der Waals surface area contributed by atoms with E-state index in [1.165, 1.54) is 0 Å². The molecule has 0 heterocycles. The second-order valence-corrected chi connectivity index (χ2v) is 2.60. The molecule has 0 atom stereocenters. The van der Waals surface area contributed by atoms with Gasteiger partial charge in [0, 0.05) is 12.0 Å². The normalized spacial score (nSPS) is 9.86. The Bertz CT molecular complexity index is 388. The zero-order chi connectivity index (χ0) is 10.7. The number of rotatable bonds is 3. The number of hydrogen-bond donors (Lipinski definition) is 0. The highest BCUT2D eigenvalue weighted by molar-refractivity contribution is 6.05. The van der Waals surface area contributed by atoms with Crippen molar-refractivity contribution < 1.29 is 23.5 Å². The lowest BCUT2D eigenvalue weighted by atomic mass is 10.1. The summed E-state index contributed by atoms with van der Waals surface area (Å²) < 4.78 is 25.3. The van der Waals surface area contributed by atoms with Crippen molar-refractivity contribution >= 4 is 11.8 Å². The first-order valence-electron chi connectivity index (χ1n) is 3.69. The molecule has 0 amide bonds. The van der Waals surface area contributed by atoms with Crippen LogP contribution in [0.2, 0.25) is 0 Å². The minimum Gasteiger partial charge on any atom is -0.550 e. The predicted octanol–water partition coefficient (Wildman–Crippen LogP) is 0.287. The van der Waals surface area contributed by atoms with E-state index in [9.17, 15) is 23.5 Å². The van der Waals surface area contributed by atoms with Crippen LogP contribution in [-0.4, -0.2) is 11.8 Å². The van der Waals surface area contributed by atoms with Gasteiger partial charge in [0.25, 0.3) is 0 Å². The van der Waals surface area contributed by atoms with E-state index in [4.69, 9.17) is 0 Å². The molecule has 0 aromatic heterocycles. The molecule has 0 fully saturated rings. The molecule has 0 N–H and O–H groups in total. The third-order valence-electron chi connectivity index (χ3n) is 1.54. The molecule has 5 heteroatoms. The second kappa shape index (κ2) is 3.95. The predicted molar refractivity (Wildman–Crippen MR) is 40.3 cm³/mol. The molecule has 0 saturated heterocycles. The molecule has 1 aromatic carbocycles. The van der Waals surface area contributed by atoms with Crippen LogP contribution in [-0.2, 0) is 4.79 Å². The summed E-state index contributed by atoms with van der Waals surface area (Å²) in [5, 5.41) is 10.0. The fourth-order valence-electron chi connectivity index (χ4n) is 0.942. The quantitative estimate of drug-likeness (QED) is 0.519. The van der Waals surface area contributed by atoms with Crippen molar-refractivity contribution in [3.05, 3.63) is 35.4 Å². The summed E-state index contributed by atoms with van der Waals surface area (Å²) in [4.78, 5) is 21.0. The van der Waals surface area contributed by atoms with Crippen LogP contribution in [0, 0.1) is 11.6 Å². The van der Waals surface area contributed by atoms with Crippen LogP contribution < -0.4 is 5.11 Å². The van der Waals surface area contributed by atoms with Crippen LogP contribution >= 0.6 is 0 Å². The number of benzene rings is 1. The van der Waals surface area contributed by atoms with E-state index in [0.717, 1.165) is 12.1 Å². The lowest BCUT2D eigenvalue weighted by Crippen LogP contribution is -2.25. The van der Waals surface area contributed by atoms with E-state index in [1.54, 1.807) is 0 Å². The summed E-state index contributed by atoms with van der Waals surface area (Å²) in [6, 6.07) is 2.30. The Hall–Kier alpha value is -1.78. The smallest absolute Gasteiger partial charge is 0.171 e. The van der Waals surface area contributed by atoms with E-state index in [0.29, 0.717) is 6.07 Å². The molecule has 0 spiro atoms. The number of carbonyl (C=O) groups is 2. The number of halogens is 2. The summed E-state index contributed by atoms with van der Waals surface area (Å²) in [6.45, 7) is 0. The van der Waals surface area contributed by atoms with Gasteiger partial charge >= 0.3 is 0 Å². The summed E-state index contributed by atoms with van der Waals surface area (Å²) in [7, 11) is 0. The van der Waals surface area contributed by atoms with Crippen LogP contribution in [0.25, 0.3) is 0 Å². The fraction of sp³-hybridized carbons (Fsp3) is 0.111. The molecule has 74 valence electrons. The lowest BCUT2D eigenvalue weighted by Gasteiger charge is -2.02. The van der Waals surface area contributed by atoms with Crippen molar-refractivity contribution in [1.82, 2.24) is 0 Å². The summed E-state index contributed by atoms with van der Waals surface area (Å²) in [5.74, 6) is -4.44. The molecule has 0 bridgehead atoms. The molecule has 1 aromatic rings. The minimum atomic E-state index is -1.60. The average molecular weight is 199 g/mol. The highest BCUT2D eigenvalue weighted by atomic mass is 19.1. The molecule has 3 nitrogen and oxygen atoms in total. The Labute approximate surface area is 78.0 Å². The number of carboxylic acids is 1. The molecule has 0 aliphatic rings. The van der Waals surface area contributed by atoms with Gasteiger partial charge in [0.05, 0.1) is 12.0 Å². The number of ketones is 1. The van der Waals surface area contributed by atoms with E-state index in [1.807, 2.05) is 0 Å². The lowest BCUT2D eigenvalue weighted by molar-refractivity contribution is -0.304. The SMILES string of the molecule is O=C([O-])CC(=O)c1ccc(F)cc1F. The van der Waals surface area contributed by atoms with E-state index in [-0.39, 0.29) is 0 Å². The third-order valence-corrected chi connectivity index (χ3v) is 1.54. The number of hydrogen-bond acceptors (Lipinski definition) is 3. The Morgan fingerprint density at radius 1 is 1.29 bits per heavy atom. The molecule has 0 aliphatic carbocycles. The first-order chi connectivity index (χ1) is 6.50. The van der Waals surface area contributed by atoms with Gasteiger partial charge in [0.15, 0.2) is 5.78 Å². The Morgan fingerprint density at radius 2 is 1.93 bits per heavy atom. The van der Waals surface area contributed by atoms with E-state index in [2.05, 4.69) is 0 Å². The molecule has 0 aliphatic heterocycles. The monoisotopic (exact) mass is 199 g/mol. The summed E-state index contributed by atoms with van der Waals surface area (Å²) >= 11 is 0. The van der Waals surface area contributed by atoms with Gasteiger partial charge in [0.1, 0.15) is 11.6 Å². The maximum atomic E-state index is 12.9. The third kappa shape index (κ3) is 2.35. The van der Waals surface area contributed by atoms with Crippen molar-refractivity contribution in [3.8, 4) is 0 Å². The topological polar surface area (TPSA) is 57.2 Å². The van der Waals surface area contributed by atoms with E-state index < -0.39 is 35.4 Å². The first kappa shape index (κ1) is 10.3. The van der Waals surface area contributed by atoms with Crippen molar-refractivity contribution in [2.45, 2.75) is 6.42 Å². The van der Waals surface area contributed by atoms with Gasteiger partial charge in [-0.15, -0.1) is 0 Å². The van der Waals surface area contributed by atoms with Gasteiger partial charge in [-0.3, -0.25) is 4.79 Å². The van der Waals surface area contributed by atoms with Crippen LogP contribution in [0.3, 0.4) is 0 Å². The molecule has 0 saturated carbocycles. The standard InChI is InChI=1S/C9H6F2O3/c10-5-1-2-6(7(11)3-5)8(12)4-9(13)14/h1-3H,4H2,(H,13,14)/p-1.